The fraction of sp³-hybridized carbons (Fsp3) is 0.190. The van der Waals surface area contributed by atoms with Gasteiger partial charge in [0.25, 0.3) is 5.91 Å². The fourth-order valence-electron chi connectivity index (χ4n) is 3.33. The van der Waals surface area contributed by atoms with Gasteiger partial charge in [0.2, 0.25) is 0 Å². The number of carbonyl (C=O) groups excluding carboxylic acids is 2. The van der Waals surface area contributed by atoms with Crippen LogP contribution >= 0.6 is 0 Å². The molecule has 31 heavy (non-hydrogen) atoms. The van der Waals surface area contributed by atoms with Crippen LogP contribution in [0.5, 0.6) is 5.75 Å². The second kappa shape index (κ2) is 8.66. The molecule has 0 bridgehead atoms. The van der Waals surface area contributed by atoms with Gasteiger partial charge < -0.3 is 26.0 Å². The Balaban J connectivity index is 1.95. The smallest absolute Gasteiger partial charge is 0.343 e. The van der Waals surface area contributed by atoms with Gasteiger partial charge in [-0.15, -0.1) is 0 Å². The second-order valence-electron chi connectivity index (χ2n) is 6.92. The van der Waals surface area contributed by atoms with Gasteiger partial charge in [0, 0.05) is 11.1 Å². The maximum Gasteiger partial charge on any atom is 0.343 e. The molecule has 0 aromatic heterocycles. The summed E-state index contributed by atoms with van der Waals surface area (Å²) in [7, 11) is 0. The van der Waals surface area contributed by atoms with E-state index in [1.165, 1.54) is 18.2 Å². The molecule has 6 N–H and O–H groups in total. The van der Waals surface area contributed by atoms with Gasteiger partial charge in [-0.05, 0) is 54.3 Å². The van der Waals surface area contributed by atoms with E-state index in [4.69, 9.17) is 21.0 Å². The third kappa shape index (κ3) is 4.69. The zero-order chi connectivity index (χ0) is 22.7. The SMILES string of the molecule is N=C(N)c1ccc2c(c1)CCc1c(C(=O)N[C@@H](CC(=O)O)C(=O)O)cccc1C(=O)O2. The lowest BCUT2D eigenvalue weighted by Gasteiger charge is -2.20. The van der Waals surface area contributed by atoms with Gasteiger partial charge in [-0.1, -0.05) is 6.07 Å². The van der Waals surface area contributed by atoms with Crippen molar-refractivity contribution in [2.24, 2.45) is 5.73 Å². The normalized spacial score (nSPS) is 13.5. The monoisotopic (exact) mass is 425 g/mol. The summed E-state index contributed by atoms with van der Waals surface area (Å²) < 4.78 is 5.45. The average molecular weight is 425 g/mol. The minimum Gasteiger partial charge on any atom is -0.481 e. The summed E-state index contributed by atoms with van der Waals surface area (Å²) in [4.78, 5) is 47.6. The molecule has 3 rings (SSSR count). The molecule has 0 spiro atoms. The molecule has 2 aromatic rings. The minimum absolute atomic E-state index is 0.0530. The van der Waals surface area contributed by atoms with E-state index in [1.54, 1.807) is 18.2 Å². The highest BCUT2D eigenvalue weighted by molar-refractivity contribution is 6.02. The molecule has 10 nitrogen and oxygen atoms in total. The number of esters is 1. The summed E-state index contributed by atoms with van der Waals surface area (Å²) in [6.45, 7) is 0. The molecular formula is C21H19N3O7. The summed E-state index contributed by atoms with van der Waals surface area (Å²) >= 11 is 0. The van der Waals surface area contributed by atoms with Crippen LogP contribution in [0, 0.1) is 5.41 Å². The number of amidine groups is 1. The van der Waals surface area contributed by atoms with E-state index in [9.17, 15) is 24.3 Å². The number of nitrogen functional groups attached to an aromatic ring is 1. The van der Waals surface area contributed by atoms with E-state index >= 15 is 0 Å². The number of carboxylic acid groups (broad SMARTS) is 2. The average Bonchev–Trinajstić information content (AvgIpc) is 2.70. The first kappa shape index (κ1) is 21.5. The van der Waals surface area contributed by atoms with Crippen molar-refractivity contribution in [1.82, 2.24) is 5.32 Å². The van der Waals surface area contributed by atoms with Crippen LogP contribution in [0.4, 0.5) is 0 Å². The molecule has 160 valence electrons. The molecule has 0 unspecified atom stereocenters. The Morgan fingerprint density at radius 2 is 1.90 bits per heavy atom. The number of nitrogens with two attached hydrogens (primary N) is 1. The highest BCUT2D eigenvalue weighted by atomic mass is 16.5. The van der Waals surface area contributed by atoms with Crippen LogP contribution in [0.1, 0.15) is 43.8 Å². The highest BCUT2D eigenvalue weighted by Crippen LogP contribution is 2.28. The Morgan fingerprint density at radius 3 is 2.55 bits per heavy atom. The summed E-state index contributed by atoms with van der Waals surface area (Å²) in [5.74, 6) is -4.19. The topological polar surface area (TPSA) is 180 Å². The lowest BCUT2D eigenvalue weighted by molar-refractivity contribution is -0.145. The van der Waals surface area contributed by atoms with Crippen molar-refractivity contribution in [2.45, 2.75) is 25.3 Å². The molecule has 0 aliphatic carbocycles. The zero-order valence-electron chi connectivity index (χ0n) is 16.2. The Labute approximate surface area is 176 Å². The summed E-state index contributed by atoms with van der Waals surface area (Å²) in [5, 5.41) is 27.8. The number of benzene rings is 2. The van der Waals surface area contributed by atoms with E-state index in [0.717, 1.165) is 0 Å². The summed E-state index contributed by atoms with van der Waals surface area (Å²) in [5.41, 5.74) is 7.16. The number of nitrogens with one attached hydrogen (secondary N) is 2. The van der Waals surface area contributed by atoms with E-state index in [-0.39, 0.29) is 23.4 Å². The second-order valence-corrected chi connectivity index (χ2v) is 6.92. The van der Waals surface area contributed by atoms with Crippen LogP contribution in [-0.2, 0) is 22.4 Å². The van der Waals surface area contributed by atoms with Crippen molar-refractivity contribution >= 4 is 29.7 Å². The third-order valence-electron chi connectivity index (χ3n) is 4.84. The van der Waals surface area contributed by atoms with Gasteiger partial charge >= 0.3 is 17.9 Å². The fourth-order valence-corrected chi connectivity index (χ4v) is 3.33. The van der Waals surface area contributed by atoms with Gasteiger partial charge in [0.15, 0.2) is 0 Å². The van der Waals surface area contributed by atoms with Gasteiger partial charge in [0.05, 0.1) is 12.0 Å². The van der Waals surface area contributed by atoms with E-state index < -0.39 is 36.3 Å². The predicted molar refractivity (Wildman–Crippen MR) is 107 cm³/mol. The number of hydrogen-bond acceptors (Lipinski definition) is 6. The van der Waals surface area contributed by atoms with Crippen molar-refractivity contribution in [3.05, 3.63) is 64.2 Å². The lowest BCUT2D eigenvalue weighted by Crippen LogP contribution is -2.42. The number of aliphatic carboxylic acids is 2. The molecule has 1 atom stereocenters. The molecule has 0 radical (unpaired) electrons. The molecule has 10 heteroatoms. The number of rotatable bonds is 6. The molecular weight excluding hydrogens is 406 g/mol. The van der Waals surface area contributed by atoms with Crippen LogP contribution < -0.4 is 15.8 Å². The standard InChI is InChI=1S/C21H19N3O7/c22-18(23)11-5-7-16-10(8-11)4-6-12-13(2-1-3-14(12)21(30)31-16)19(27)24-15(20(28)29)9-17(25)26/h1-3,5,7-8,15H,4,6,9H2,(H3,22,23)(H,24,27)(H,25,26)(H,28,29)/t15-/m0/s1. The van der Waals surface area contributed by atoms with Crippen molar-refractivity contribution in [1.29, 1.82) is 5.41 Å². The lowest BCUT2D eigenvalue weighted by atomic mass is 9.92. The van der Waals surface area contributed by atoms with Crippen LogP contribution in [-0.4, -0.2) is 45.9 Å². The molecule has 1 heterocycles. The number of hydrogen-bond donors (Lipinski definition) is 5. The number of ether oxygens (including phenoxy) is 1. The Bertz CT molecular complexity index is 1110. The summed E-state index contributed by atoms with van der Waals surface area (Å²) in [6, 6.07) is 7.50. The van der Waals surface area contributed by atoms with Crippen molar-refractivity contribution in [2.75, 3.05) is 0 Å². The van der Waals surface area contributed by atoms with Crippen molar-refractivity contribution in [3.8, 4) is 5.75 Å². The number of carbonyl (C=O) groups is 4. The third-order valence-corrected chi connectivity index (χ3v) is 4.84. The van der Waals surface area contributed by atoms with Gasteiger partial charge in [-0.3, -0.25) is 15.0 Å². The molecule has 0 saturated carbocycles. The van der Waals surface area contributed by atoms with Crippen LogP contribution in [0.3, 0.4) is 0 Å². The summed E-state index contributed by atoms with van der Waals surface area (Å²) in [6.07, 6.45) is -0.184. The Morgan fingerprint density at radius 1 is 1.16 bits per heavy atom. The maximum atomic E-state index is 12.7. The maximum absolute atomic E-state index is 12.7. The van der Waals surface area contributed by atoms with Crippen LogP contribution in [0.15, 0.2) is 36.4 Å². The Kier molecular flexibility index (Phi) is 6.00. The number of fused-ring (bicyclic) bond motifs is 2. The van der Waals surface area contributed by atoms with Crippen molar-refractivity contribution in [3.63, 3.8) is 0 Å². The number of carboxylic acids is 2. The first-order chi connectivity index (χ1) is 14.7. The van der Waals surface area contributed by atoms with Gasteiger partial charge in [-0.2, -0.15) is 0 Å². The van der Waals surface area contributed by atoms with Crippen molar-refractivity contribution < 1.29 is 34.1 Å². The Hall–Kier alpha value is -4.21. The highest BCUT2D eigenvalue weighted by Gasteiger charge is 2.27. The predicted octanol–water partition coefficient (Wildman–Crippen LogP) is 0.946. The van der Waals surface area contributed by atoms with Gasteiger partial charge in [0.1, 0.15) is 17.6 Å². The molecule has 0 saturated heterocycles. The molecule has 2 aromatic carbocycles. The molecule has 0 fully saturated rings. The minimum atomic E-state index is -1.62. The largest absolute Gasteiger partial charge is 0.481 e. The quantitative estimate of drug-likeness (QED) is 0.196. The first-order valence-electron chi connectivity index (χ1n) is 9.24. The van der Waals surface area contributed by atoms with E-state index in [0.29, 0.717) is 28.9 Å². The van der Waals surface area contributed by atoms with Crippen LogP contribution in [0.2, 0.25) is 0 Å². The van der Waals surface area contributed by atoms with Gasteiger partial charge in [-0.25, -0.2) is 9.59 Å². The van der Waals surface area contributed by atoms with E-state index in [1.807, 2.05) is 0 Å². The number of amides is 1. The molecule has 1 amide bonds. The first-order valence-corrected chi connectivity index (χ1v) is 9.24. The van der Waals surface area contributed by atoms with Crippen LogP contribution in [0.25, 0.3) is 0 Å². The zero-order valence-corrected chi connectivity index (χ0v) is 16.2. The molecule has 1 aliphatic heterocycles. The van der Waals surface area contributed by atoms with E-state index in [2.05, 4.69) is 5.32 Å². The number of aryl methyl sites for hydroxylation is 1. The molecule has 1 aliphatic rings.